The number of rotatable bonds is 67. The van der Waals surface area contributed by atoms with Crippen LogP contribution in [-0.2, 0) is 33.3 Å². The van der Waals surface area contributed by atoms with E-state index >= 15 is 0 Å². The second-order valence-corrected chi connectivity index (χ2v) is 25.5. The minimum Gasteiger partial charge on any atom is -0.477 e. The smallest absolute Gasteiger partial charge is 0.361 e. The second-order valence-electron chi connectivity index (χ2n) is 25.5. The highest BCUT2D eigenvalue weighted by molar-refractivity contribution is 5.71. The highest BCUT2D eigenvalue weighted by atomic mass is 16.7. The summed E-state index contributed by atoms with van der Waals surface area (Å²) in [6.07, 6.45) is 91.1. The standard InChI is InChI=1S/C78H137NO8/c1-6-8-10-12-14-16-18-20-22-24-26-28-30-32-34-35-36-37-38-39-40-41-43-44-46-48-50-52-54-56-58-60-62-64-66-68-75(80)85-72-74(73-86-78(77(82)83)84-71-70-79(3,4)5)87-76(81)69-67-65-63-61-59-57-55-53-51-49-47-45-42-33-31-29-27-25-23-21-19-17-15-13-11-9-7-2/h9,11,15,17,21,23-24,26-27,29,33,42,47,49,53,55,74,78H,6-8,10,12-14,16,18-20,22,25,28,30-32,34-41,43-46,48,50-52,54,56-73H2,1-5H3/p+1/b11-9-,17-15-,23-21-,26-24-,29-27-,42-33-,49-47-,55-53-. The Hall–Kier alpha value is -3.79. The Balaban J connectivity index is 4.10. The zero-order valence-corrected chi connectivity index (χ0v) is 57.4. The molecule has 1 N–H and O–H groups in total. The van der Waals surface area contributed by atoms with Crippen molar-refractivity contribution in [1.82, 2.24) is 0 Å². The summed E-state index contributed by atoms with van der Waals surface area (Å²) < 4.78 is 23.0. The fourth-order valence-corrected chi connectivity index (χ4v) is 10.3. The van der Waals surface area contributed by atoms with Crippen LogP contribution in [0.4, 0.5) is 0 Å². The summed E-state index contributed by atoms with van der Waals surface area (Å²) in [7, 11) is 5.97. The van der Waals surface area contributed by atoms with Gasteiger partial charge in [-0.15, -0.1) is 0 Å². The monoisotopic (exact) mass is 1220 g/mol. The van der Waals surface area contributed by atoms with Crippen LogP contribution in [0.15, 0.2) is 97.2 Å². The number of likely N-dealkylation sites (N-methyl/N-ethyl adjacent to an activating group) is 1. The molecule has 0 aliphatic heterocycles. The number of carboxylic acid groups (broad SMARTS) is 1. The lowest BCUT2D eigenvalue weighted by Gasteiger charge is -2.25. The fourth-order valence-electron chi connectivity index (χ4n) is 10.3. The molecule has 502 valence electrons. The predicted octanol–water partition coefficient (Wildman–Crippen LogP) is 22.8. The van der Waals surface area contributed by atoms with Gasteiger partial charge in [-0.2, -0.15) is 0 Å². The Morgan fingerprint density at radius 1 is 0.356 bits per heavy atom. The molecule has 0 radical (unpaired) electrons. The van der Waals surface area contributed by atoms with Crippen molar-refractivity contribution in [2.24, 2.45) is 0 Å². The number of carbonyl (C=O) groups excluding carboxylic acids is 2. The van der Waals surface area contributed by atoms with Gasteiger partial charge in [0.25, 0.3) is 6.29 Å². The van der Waals surface area contributed by atoms with Gasteiger partial charge in [-0.3, -0.25) is 9.59 Å². The average molecular weight is 1220 g/mol. The zero-order valence-electron chi connectivity index (χ0n) is 57.4. The number of allylic oxidation sites excluding steroid dienone is 16. The number of carboxylic acids is 1. The van der Waals surface area contributed by atoms with Gasteiger partial charge in [0.1, 0.15) is 13.2 Å². The lowest BCUT2D eigenvalue weighted by molar-refractivity contribution is -0.870. The molecule has 0 aliphatic carbocycles. The Labute approximate surface area is 537 Å². The van der Waals surface area contributed by atoms with Crippen molar-refractivity contribution < 1.29 is 42.9 Å². The molecule has 0 aromatic heterocycles. The Kier molecular flexibility index (Phi) is 65.2. The van der Waals surface area contributed by atoms with Gasteiger partial charge in [0.15, 0.2) is 6.10 Å². The molecule has 9 nitrogen and oxygen atoms in total. The molecule has 0 saturated carbocycles. The van der Waals surface area contributed by atoms with E-state index in [1.807, 2.05) is 21.1 Å². The number of quaternary nitrogens is 1. The normalized spacial score (nSPS) is 13.3. The van der Waals surface area contributed by atoms with Gasteiger partial charge < -0.3 is 28.5 Å². The van der Waals surface area contributed by atoms with Crippen LogP contribution in [0.25, 0.3) is 0 Å². The molecule has 0 aliphatic rings. The molecule has 2 unspecified atom stereocenters. The molecule has 0 amide bonds. The maximum Gasteiger partial charge on any atom is 0.361 e. The molecule has 2 atom stereocenters. The van der Waals surface area contributed by atoms with Crippen LogP contribution in [0.3, 0.4) is 0 Å². The molecular formula is C78H138NO8+. The molecule has 0 spiro atoms. The van der Waals surface area contributed by atoms with Gasteiger partial charge >= 0.3 is 17.9 Å². The maximum atomic E-state index is 12.9. The third-order valence-corrected chi connectivity index (χ3v) is 15.8. The van der Waals surface area contributed by atoms with Crippen LogP contribution in [0, 0.1) is 0 Å². The molecule has 9 heteroatoms. The summed E-state index contributed by atoms with van der Waals surface area (Å²) >= 11 is 0. The van der Waals surface area contributed by atoms with Gasteiger partial charge in [0.2, 0.25) is 0 Å². The fraction of sp³-hybridized carbons (Fsp3) is 0.756. The van der Waals surface area contributed by atoms with Crippen LogP contribution in [0.2, 0.25) is 0 Å². The number of hydrogen-bond acceptors (Lipinski definition) is 7. The number of aliphatic carboxylic acids is 1. The van der Waals surface area contributed by atoms with E-state index in [4.69, 9.17) is 18.9 Å². The van der Waals surface area contributed by atoms with Crippen molar-refractivity contribution in [3.05, 3.63) is 97.2 Å². The topological polar surface area (TPSA) is 108 Å². The van der Waals surface area contributed by atoms with Crippen molar-refractivity contribution in [2.45, 2.75) is 334 Å². The van der Waals surface area contributed by atoms with E-state index in [-0.39, 0.29) is 32.2 Å². The summed E-state index contributed by atoms with van der Waals surface area (Å²) in [4.78, 5) is 37.6. The summed E-state index contributed by atoms with van der Waals surface area (Å²) in [5, 5.41) is 9.75. The van der Waals surface area contributed by atoms with Crippen molar-refractivity contribution in [2.75, 3.05) is 47.5 Å². The van der Waals surface area contributed by atoms with Crippen LogP contribution in [0.1, 0.15) is 322 Å². The van der Waals surface area contributed by atoms with Crippen molar-refractivity contribution in [1.29, 1.82) is 0 Å². The van der Waals surface area contributed by atoms with E-state index in [0.717, 1.165) is 96.3 Å². The second kappa shape index (κ2) is 68.1. The first kappa shape index (κ1) is 83.2. The van der Waals surface area contributed by atoms with Crippen molar-refractivity contribution in [3.63, 3.8) is 0 Å². The van der Waals surface area contributed by atoms with Crippen LogP contribution < -0.4 is 0 Å². The van der Waals surface area contributed by atoms with E-state index in [1.165, 1.54) is 193 Å². The van der Waals surface area contributed by atoms with E-state index in [1.54, 1.807) is 0 Å². The Morgan fingerprint density at radius 2 is 0.655 bits per heavy atom. The first-order valence-electron chi connectivity index (χ1n) is 36.4. The molecule has 0 aromatic carbocycles. The molecule has 0 heterocycles. The highest BCUT2D eigenvalue weighted by Crippen LogP contribution is 2.18. The van der Waals surface area contributed by atoms with Gasteiger partial charge in [-0.1, -0.05) is 310 Å². The van der Waals surface area contributed by atoms with Crippen LogP contribution >= 0.6 is 0 Å². The number of ether oxygens (including phenoxy) is 4. The zero-order chi connectivity index (χ0) is 63.3. The number of unbranched alkanes of at least 4 members (excludes halogenated alkanes) is 36. The van der Waals surface area contributed by atoms with Crippen molar-refractivity contribution in [3.8, 4) is 0 Å². The molecule has 87 heavy (non-hydrogen) atoms. The number of hydrogen-bond donors (Lipinski definition) is 1. The average Bonchev–Trinajstić information content (AvgIpc) is 3.56. The van der Waals surface area contributed by atoms with Gasteiger partial charge in [-0.25, -0.2) is 4.79 Å². The number of carbonyl (C=O) groups is 3. The quantitative estimate of drug-likeness (QED) is 0.0211. The molecule has 0 aromatic rings. The highest BCUT2D eigenvalue weighted by Gasteiger charge is 2.25. The van der Waals surface area contributed by atoms with Crippen LogP contribution in [-0.4, -0.2) is 87.4 Å². The van der Waals surface area contributed by atoms with E-state index in [2.05, 4.69) is 111 Å². The third kappa shape index (κ3) is 69.5. The predicted molar refractivity (Wildman–Crippen MR) is 373 cm³/mol. The van der Waals surface area contributed by atoms with Gasteiger partial charge in [0, 0.05) is 12.8 Å². The van der Waals surface area contributed by atoms with Gasteiger partial charge in [-0.05, 0) is 96.3 Å². The largest absolute Gasteiger partial charge is 0.477 e. The molecular weight excluding hydrogens is 1080 g/mol. The lowest BCUT2D eigenvalue weighted by Crippen LogP contribution is -2.40. The SMILES string of the molecule is CC/C=C\C/C=C\C/C=C\C/C=C\C/C=C\C/C=C\C/C=C\CCCCCCCC(=O)OC(COC(=O)CCCCCCCCCCCCCCCCCCCCCCCCC/C=C\CCCCCCCCCC)COC(OCC[N+](C)(C)C)C(=O)O. The first-order chi connectivity index (χ1) is 42.6. The van der Waals surface area contributed by atoms with Gasteiger partial charge in [0.05, 0.1) is 34.4 Å². The minimum atomic E-state index is -1.52. The van der Waals surface area contributed by atoms with Crippen molar-refractivity contribution >= 4 is 17.9 Å². The van der Waals surface area contributed by atoms with E-state index in [0.29, 0.717) is 23.9 Å². The third-order valence-electron chi connectivity index (χ3n) is 15.8. The first-order valence-corrected chi connectivity index (χ1v) is 36.4. The molecule has 0 saturated heterocycles. The Morgan fingerprint density at radius 3 is 0.989 bits per heavy atom. The summed E-state index contributed by atoms with van der Waals surface area (Å²) in [5.41, 5.74) is 0. The lowest BCUT2D eigenvalue weighted by atomic mass is 10.0. The summed E-state index contributed by atoms with van der Waals surface area (Å²) in [6, 6.07) is 0. The molecule has 0 fully saturated rings. The molecule has 0 rings (SSSR count). The number of esters is 2. The van der Waals surface area contributed by atoms with E-state index < -0.39 is 24.3 Å². The maximum absolute atomic E-state index is 12.9. The molecule has 0 bridgehead atoms. The van der Waals surface area contributed by atoms with Crippen LogP contribution in [0.5, 0.6) is 0 Å². The van der Waals surface area contributed by atoms with E-state index in [9.17, 15) is 19.5 Å². The number of nitrogens with zero attached hydrogens (tertiary/aromatic N) is 1. The Bertz CT molecular complexity index is 1750. The minimum absolute atomic E-state index is 0.180. The summed E-state index contributed by atoms with van der Waals surface area (Å²) in [6.45, 7) is 4.77. The summed E-state index contributed by atoms with van der Waals surface area (Å²) in [5.74, 6) is -2.02.